The van der Waals surface area contributed by atoms with Crippen LogP contribution in [0.25, 0.3) is 18.2 Å². The van der Waals surface area contributed by atoms with Crippen molar-refractivity contribution in [2.24, 2.45) is 20.9 Å². The Kier molecular flexibility index (Phi) is 6.52. The minimum atomic E-state index is -1.14. The second kappa shape index (κ2) is 10.1. The summed E-state index contributed by atoms with van der Waals surface area (Å²) in [5, 5.41) is 22.5. The molecule has 212 valence electrons. The van der Waals surface area contributed by atoms with E-state index >= 15 is 0 Å². The van der Waals surface area contributed by atoms with E-state index in [0.29, 0.717) is 45.1 Å². The van der Waals surface area contributed by atoms with Crippen molar-refractivity contribution in [3.8, 4) is 0 Å². The van der Waals surface area contributed by atoms with E-state index in [2.05, 4.69) is 25.4 Å². The van der Waals surface area contributed by atoms with Crippen LogP contribution < -0.4 is 10.7 Å². The number of carbonyl (C=O) groups excluding carboxylic acids is 1. The number of H-pyrrole nitrogens is 1. The number of nitrogens with one attached hydrogen (secondary N) is 1. The van der Waals surface area contributed by atoms with Crippen LogP contribution in [0.5, 0.6) is 0 Å². The molecular formula is C33H30N4O5. The Labute approximate surface area is 242 Å². The van der Waals surface area contributed by atoms with Gasteiger partial charge in [-0.1, -0.05) is 19.6 Å². The Morgan fingerprint density at radius 3 is 2.60 bits per heavy atom. The monoisotopic (exact) mass is 562 g/mol. The number of esters is 1. The Bertz CT molecular complexity index is 1930. The van der Waals surface area contributed by atoms with Crippen molar-refractivity contribution in [1.82, 2.24) is 4.98 Å². The van der Waals surface area contributed by atoms with Gasteiger partial charge in [0.1, 0.15) is 11.7 Å². The van der Waals surface area contributed by atoms with Crippen LogP contribution in [0.1, 0.15) is 45.6 Å². The molecule has 0 amide bonds. The standard InChI is InChI=1S/C33H30N4O5/c1-6-17-10-19-12-20-11-18(8-9-26(38)39)30(35-20)28-29(33(41)42-5)32(40)27-16(4)23(37-31(27)28)14-25-21(7-2)15(3)22(36-25)13-24(17)34-19/h6,10-14,29,34,40H,1,7-9H2,2-5H3,(H,38,39)/t29-/m1/s1. The van der Waals surface area contributed by atoms with Gasteiger partial charge >= 0.3 is 11.9 Å². The molecule has 0 saturated heterocycles. The van der Waals surface area contributed by atoms with Gasteiger partial charge in [-0.05, 0) is 84.9 Å². The van der Waals surface area contributed by atoms with E-state index in [-0.39, 0.29) is 18.6 Å². The first-order chi connectivity index (χ1) is 20.1. The van der Waals surface area contributed by atoms with Gasteiger partial charge < -0.3 is 19.9 Å². The van der Waals surface area contributed by atoms with Crippen LogP contribution in [0.4, 0.5) is 0 Å². The number of aromatic amines is 1. The zero-order valence-corrected chi connectivity index (χ0v) is 23.8. The minimum absolute atomic E-state index is 0.129. The van der Waals surface area contributed by atoms with Gasteiger partial charge in [0.25, 0.3) is 0 Å². The van der Waals surface area contributed by atoms with Crippen molar-refractivity contribution in [3.63, 3.8) is 0 Å². The number of carboxylic acids is 1. The summed E-state index contributed by atoms with van der Waals surface area (Å²) in [6, 6.07) is 1.96. The van der Waals surface area contributed by atoms with Crippen molar-refractivity contribution in [2.75, 3.05) is 7.11 Å². The lowest BCUT2D eigenvalue weighted by molar-refractivity contribution is -0.143. The number of fused-ring (bicyclic) bond motifs is 5. The third-order valence-corrected chi connectivity index (χ3v) is 8.19. The molecule has 1 aliphatic carbocycles. The summed E-state index contributed by atoms with van der Waals surface area (Å²) in [6.45, 7) is 9.97. The normalized spacial score (nSPS) is 20.7. The number of nitrogens with zero attached hydrogens (tertiary/aromatic N) is 3. The average Bonchev–Trinajstić information content (AvgIpc) is 3.74. The van der Waals surface area contributed by atoms with Crippen molar-refractivity contribution in [2.45, 2.75) is 40.0 Å². The summed E-state index contributed by atoms with van der Waals surface area (Å²) in [6.07, 6.45) is 10.2. The third-order valence-electron chi connectivity index (χ3n) is 8.19. The van der Waals surface area contributed by atoms with Gasteiger partial charge in [-0.2, -0.15) is 0 Å². The summed E-state index contributed by atoms with van der Waals surface area (Å²) < 4.78 is 5.10. The zero-order valence-electron chi connectivity index (χ0n) is 23.8. The van der Waals surface area contributed by atoms with Gasteiger partial charge in [0.2, 0.25) is 0 Å². The SMILES string of the molecule is C=Cc1cc2[nH]c1=CC1=NC(=CC3=C(C)C4=C(O)[C@H](C(=O)OC)C(=C5N=C(C=C5CCC(=O)O)C=2)C4=N3)C(CC)=C1C. The van der Waals surface area contributed by atoms with Gasteiger partial charge in [0, 0.05) is 28.3 Å². The topological polar surface area (TPSA) is 137 Å². The fourth-order valence-corrected chi connectivity index (χ4v) is 6.08. The summed E-state index contributed by atoms with van der Waals surface area (Å²) in [5.74, 6) is -2.90. The molecule has 1 aromatic rings. The lowest BCUT2D eigenvalue weighted by Crippen LogP contribution is -2.21. The first-order valence-electron chi connectivity index (χ1n) is 13.8. The number of hydrogen-bond donors (Lipinski definition) is 3. The highest BCUT2D eigenvalue weighted by atomic mass is 16.5. The number of allylic oxidation sites excluding steroid dienone is 7. The van der Waals surface area contributed by atoms with Crippen LogP contribution in [-0.4, -0.2) is 51.4 Å². The number of carboxylic acid groups (broad SMARTS) is 1. The van der Waals surface area contributed by atoms with Gasteiger partial charge in [-0.3, -0.25) is 9.59 Å². The van der Waals surface area contributed by atoms with E-state index in [1.54, 1.807) is 6.08 Å². The molecule has 9 nitrogen and oxygen atoms in total. The van der Waals surface area contributed by atoms with Crippen molar-refractivity contribution in [1.29, 1.82) is 0 Å². The van der Waals surface area contributed by atoms with Crippen LogP contribution in [0.15, 0.2) is 96.1 Å². The molecule has 1 aromatic heterocycles. The maximum Gasteiger partial charge on any atom is 0.321 e. The molecule has 0 radical (unpaired) electrons. The van der Waals surface area contributed by atoms with Crippen LogP contribution in [0.3, 0.4) is 0 Å². The maximum absolute atomic E-state index is 13.1. The van der Waals surface area contributed by atoms with E-state index < -0.39 is 17.9 Å². The van der Waals surface area contributed by atoms with E-state index in [1.807, 2.05) is 37.3 Å². The number of methoxy groups -OCH3 is 1. The third kappa shape index (κ3) is 4.20. The maximum atomic E-state index is 13.1. The number of aliphatic hydroxyl groups is 1. The number of ether oxygens (including phenoxy) is 1. The number of aliphatic carboxylic acids is 1. The Balaban J connectivity index is 1.70. The highest BCUT2D eigenvalue weighted by Crippen LogP contribution is 2.47. The van der Waals surface area contributed by atoms with Gasteiger partial charge in [-0.15, -0.1) is 0 Å². The molecule has 0 spiro atoms. The molecule has 5 heterocycles. The number of aromatic nitrogens is 1. The van der Waals surface area contributed by atoms with Crippen LogP contribution in [0, 0.1) is 5.92 Å². The average molecular weight is 563 g/mol. The number of hydrogen-bond acceptors (Lipinski definition) is 7. The Morgan fingerprint density at radius 1 is 1.12 bits per heavy atom. The molecule has 0 unspecified atom stereocenters. The molecule has 0 saturated carbocycles. The Hall–Kier alpha value is -5.05. The molecule has 1 atom stereocenters. The summed E-state index contributed by atoms with van der Waals surface area (Å²) in [5.41, 5.74) is 8.92. The molecule has 0 aromatic carbocycles. The highest BCUT2D eigenvalue weighted by molar-refractivity contribution is 6.26. The fourth-order valence-electron chi connectivity index (χ4n) is 6.08. The summed E-state index contributed by atoms with van der Waals surface area (Å²) in [4.78, 5) is 42.8. The fraction of sp³-hybridized carbons (Fsp3) is 0.242. The van der Waals surface area contributed by atoms with Gasteiger partial charge in [0.15, 0.2) is 0 Å². The van der Waals surface area contributed by atoms with Crippen molar-refractivity contribution < 1.29 is 24.5 Å². The first kappa shape index (κ1) is 27.1. The second-order valence-corrected chi connectivity index (χ2v) is 10.6. The van der Waals surface area contributed by atoms with E-state index in [4.69, 9.17) is 19.7 Å². The molecule has 9 heteroatoms. The molecule has 5 aliphatic rings. The molecule has 42 heavy (non-hydrogen) atoms. The lowest BCUT2D eigenvalue weighted by Gasteiger charge is -2.15. The molecule has 4 aliphatic heterocycles. The number of aliphatic hydroxyl groups excluding tert-OH is 1. The number of aliphatic imine (C=N–C) groups is 3. The predicted molar refractivity (Wildman–Crippen MR) is 162 cm³/mol. The number of rotatable bonds is 6. The predicted octanol–water partition coefficient (Wildman–Crippen LogP) is 4.14. The lowest BCUT2D eigenvalue weighted by atomic mass is 9.93. The highest BCUT2D eigenvalue weighted by Gasteiger charge is 2.46. The molecule has 3 N–H and O–H groups in total. The van der Waals surface area contributed by atoms with E-state index in [1.165, 1.54) is 7.11 Å². The van der Waals surface area contributed by atoms with Crippen molar-refractivity contribution in [3.05, 3.63) is 97.3 Å². The molecule has 0 fully saturated rings. The smallest absolute Gasteiger partial charge is 0.321 e. The molecule has 6 rings (SSSR count). The summed E-state index contributed by atoms with van der Waals surface area (Å²) in [7, 11) is 1.27. The molecule has 8 bridgehead atoms. The Morgan fingerprint density at radius 2 is 1.90 bits per heavy atom. The number of carbonyl (C=O) groups is 2. The van der Waals surface area contributed by atoms with Gasteiger partial charge in [0.05, 0.1) is 41.3 Å². The largest absolute Gasteiger partial charge is 0.510 e. The van der Waals surface area contributed by atoms with Crippen LogP contribution in [-0.2, 0) is 14.3 Å². The van der Waals surface area contributed by atoms with E-state index in [0.717, 1.165) is 45.2 Å². The minimum Gasteiger partial charge on any atom is -0.510 e. The quantitative estimate of drug-likeness (QED) is 0.448. The van der Waals surface area contributed by atoms with Crippen LogP contribution >= 0.6 is 0 Å². The second-order valence-electron chi connectivity index (χ2n) is 10.6. The molecular weight excluding hydrogens is 532 g/mol. The van der Waals surface area contributed by atoms with Gasteiger partial charge in [-0.25, -0.2) is 15.0 Å². The van der Waals surface area contributed by atoms with Crippen LogP contribution in [0.2, 0.25) is 0 Å². The summed E-state index contributed by atoms with van der Waals surface area (Å²) >= 11 is 0. The zero-order chi connectivity index (χ0) is 29.9. The first-order valence-corrected chi connectivity index (χ1v) is 13.8. The van der Waals surface area contributed by atoms with Crippen molar-refractivity contribution >= 4 is 47.3 Å². The van der Waals surface area contributed by atoms with E-state index in [9.17, 15) is 19.8 Å².